The first-order valence-corrected chi connectivity index (χ1v) is 6.37. The highest BCUT2D eigenvalue weighted by molar-refractivity contribution is 7.13. The van der Waals surface area contributed by atoms with Crippen LogP contribution in [0.4, 0.5) is 0 Å². The lowest BCUT2D eigenvalue weighted by atomic mass is 10.2. The van der Waals surface area contributed by atoms with Crippen LogP contribution in [-0.4, -0.2) is 25.3 Å². The summed E-state index contributed by atoms with van der Waals surface area (Å²) in [4.78, 5) is 18.0. The van der Waals surface area contributed by atoms with E-state index in [2.05, 4.69) is 9.98 Å². The first-order valence-electron chi connectivity index (χ1n) is 5.49. The van der Waals surface area contributed by atoms with Gasteiger partial charge in [0.25, 0.3) is 0 Å². The number of aromatic nitrogens is 1. The van der Waals surface area contributed by atoms with Crippen molar-refractivity contribution < 1.29 is 14.3 Å². The largest absolute Gasteiger partial charge is 0.493 e. The third-order valence-corrected chi connectivity index (χ3v) is 3.43. The van der Waals surface area contributed by atoms with E-state index in [0.29, 0.717) is 11.5 Å². The van der Waals surface area contributed by atoms with E-state index in [-0.39, 0.29) is 6.54 Å². The second kappa shape index (κ2) is 6.13. The fourth-order valence-electron chi connectivity index (χ4n) is 1.59. The minimum Gasteiger partial charge on any atom is -0.493 e. The summed E-state index contributed by atoms with van der Waals surface area (Å²) in [6.45, 7) is 0.257. The highest BCUT2D eigenvalue weighted by atomic mass is 32.1. The zero-order valence-electron chi connectivity index (χ0n) is 10.5. The summed E-state index contributed by atoms with van der Waals surface area (Å²) in [5.41, 5.74) is 1.68. The third-order valence-electron chi connectivity index (χ3n) is 2.49. The molecular formula is C13H12N2O3S. The number of hydrogen-bond donors (Lipinski definition) is 0. The van der Waals surface area contributed by atoms with Crippen LogP contribution in [0.15, 0.2) is 28.6 Å². The Morgan fingerprint density at radius 2 is 2.11 bits per heavy atom. The highest BCUT2D eigenvalue weighted by Gasteiger charge is 2.09. The molecule has 2 rings (SSSR count). The summed E-state index contributed by atoms with van der Waals surface area (Å²) in [6, 6.07) is 5.61. The number of hydrogen-bond acceptors (Lipinski definition) is 6. The standard InChI is InChI=1S/C13H12N2O3S/c1-17-11-4-3-9(5-12(11)18-2)13-15-10(7-19-13)6-14-8-16/h3-5,7H,6H2,1-2H3. The third kappa shape index (κ3) is 2.99. The van der Waals surface area contributed by atoms with Gasteiger partial charge in [-0.15, -0.1) is 11.3 Å². The zero-order valence-corrected chi connectivity index (χ0v) is 11.4. The monoisotopic (exact) mass is 276 g/mol. The van der Waals surface area contributed by atoms with Crippen LogP contribution in [-0.2, 0) is 11.3 Å². The molecule has 0 aliphatic rings. The number of nitrogens with zero attached hydrogens (tertiary/aromatic N) is 2. The Kier molecular flexibility index (Phi) is 4.28. The van der Waals surface area contributed by atoms with E-state index in [0.717, 1.165) is 16.3 Å². The van der Waals surface area contributed by atoms with E-state index >= 15 is 0 Å². The molecule has 5 nitrogen and oxygen atoms in total. The number of benzene rings is 1. The van der Waals surface area contributed by atoms with Crippen molar-refractivity contribution in [3.8, 4) is 22.1 Å². The molecule has 0 spiro atoms. The van der Waals surface area contributed by atoms with Gasteiger partial charge in [0.1, 0.15) is 5.01 Å². The maximum Gasteiger partial charge on any atom is 0.235 e. The van der Waals surface area contributed by atoms with E-state index in [1.165, 1.54) is 17.4 Å². The predicted octanol–water partition coefficient (Wildman–Crippen LogP) is 2.66. The average molecular weight is 276 g/mol. The number of rotatable bonds is 5. The van der Waals surface area contributed by atoms with Crippen molar-refractivity contribution in [1.82, 2.24) is 4.98 Å². The Balaban J connectivity index is 2.30. The van der Waals surface area contributed by atoms with Crippen molar-refractivity contribution in [1.29, 1.82) is 0 Å². The van der Waals surface area contributed by atoms with Gasteiger partial charge in [-0.25, -0.2) is 9.78 Å². The molecule has 0 saturated carbocycles. The van der Waals surface area contributed by atoms with Gasteiger partial charge in [0.05, 0.1) is 26.5 Å². The van der Waals surface area contributed by atoms with Crippen LogP contribution in [0.3, 0.4) is 0 Å². The summed E-state index contributed by atoms with van der Waals surface area (Å²) in [5, 5.41) is 2.71. The minimum absolute atomic E-state index is 0.257. The second-order valence-corrected chi connectivity index (χ2v) is 4.48. The smallest absolute Gasteiger partial charge is 0.235 e. The fourth-order valence-corrected chi connectivity index (χ4v) is 2.40. The summed E-state index contributed by atoms with van der Waals surface area (Å²) < 4.78 is 10.4. The van der Waals surface area contributed by atoms with E-state index in [4.69, 9.17) is 9.47 Å². The van der Waals surface area contributed by atoms with E-state index in [9.17, 15) is 4.79 Å². The van der Waals surface area contributed by atoms with Crippen molar-refractivity contribution in [3.63, 3.8) is 0 Å². The van der Waals surface area contributed by atoms with Crippen LogP contribution in [0.1, 0.15) is 5.69 Å². The molecule has 0 amide bonds. The van der Waals surface area contributed by atoms with Crippen LogP contribution < -0.4 is 9.47 Å². The number of aliphatic imine (C=N–C) groups is 1. The molecule has 0 unspecified atom stereocenters. The number of isocyanates is 1. The molecule has 0 saturated heterocycles. The Morgan fingerprint density at radius 1 is 1.32 bits per heavy atom. The quantitative estimate of drug-likeness (QED) is 0.622. The van der Waals surface area contributed by atoms with Crippen molar-refractivity contribution in [2.75, 3.05) is 14.2 Å². The topological polar surface area (TPSA) is 60.8 Å². The first-order chi connectivity index (χ1) is 9.28. The molecule has 98 valence electrons. The van der Waals surface area contributed by atoms with Crippen LogP contribution in [0.5, 0.6) is 11.5 Å². The van der Waals surface area contributed by atoms with Gasteiger partial charge in [0.2, 0.25) is 6.08 Å². The minimum atomic E-state index is 0.257. The van der Waals surface area contributed by atoms with Crippen molar-refractivity contribution in [2.24, 2.45) is 4.99 Å². The Hall–Kier alpha value is -2.17. The van der Waals surface area contributed by atoms with Gasteiger partial charge in [0.15, 0.2) is 11.5 Å². The van der Waals surface area contributed by atoms with Crippen molar-refractivity contribution in [2.45, 2.75) is 6.54 Å². The molecule has 1 aromatic carbocycles. The summed E-state index contributed by atoms with van der Waals surface area (Å²) in [5.74, 6) is 1.33. The molecule has 2 aromatic rings. The van der Waals surface area contributed by atoms with Crippen molar-refractivity contribution >= 4 is 17.4 Å². The molecule has 1 aromatic heterocycles. The molecule has 1 heterocycles. The first kappa shape index (κ1) is 13.3. The SMILES string of the molecule is COc1ccc(-c2nc(CN=C=O)cs2)cc1OC. The van der Waals surface area contributed by atoms with Gasteiger partial charge in [-0.05, 0) is 18.2 Å². The Labute approximate surface area is 114 Å². The van der Waals surface area contributed by atoms with Crippen LogP contribution in [0, 0.1) is 0 Å². The summed E-state index contributed by atoms with van der Waals surface area (Å²) >= 11 is 1.49. The van der Waals surface area contributed by atoms with Gasteiger partial charge in [-0.1, -0.05) is 0 Å². The van der Waals surface area contributed by atoms with Gasteiger partial charge in [0, 0.05) is 10.9 Å². The zero-order chi connectivity index (χ0) is 13.7. The lowest BCUT2D eigenvalue weighted by Crippen LogP contribution is -1.90. The molecule has 0 aliphatic carbocycles. The molecule has 19 heavy (non-hydrogen) atoms. The van der Waals surface area contributed by atoms with Crippen LogP contribution in [0.25, 0.3) is 10.6 Å². The normalized spacial score (nSPS) is 9.79. The molecule has 0 bridgehead atoms. The molecule has 0 N–H and O–H groups in total. The predicted molar refractivity (Wildman–Crippen MR) is 72.5 cm³/mol. The molecule has 0 fully saturated rings. The lowest BCUT2D eigenvalue weighted by Gasteiger charge is -2.08. The van der Waals surface area contributed by atoms with Gasteiger partial charge >= 0.3 is 0 Å². The molecule has 0 aliphatic heterocycles. The van der Waals surface area contributed by atoms with Gasteiger partial charge in [-0.3, -0.25) is 0 Å². The average Bonchev–Trinajstić information content (AvgIpc) is 2.93. The summed E-state index contributed by atoms with van der Waals surface area (Å²) in [6.07, 6.45) is 1.50. The Bertz CT molecular complexity index is 618. The van der Waals surface area contributed by atoms with E-state index in [1.54, 1.807) is 14.2 Å². The highest BCUT2D eigenvalue weighted by Crippen LogP contribution is 2.33. The number of thiazole rings is 1. The van der Waals surface area contributed by atoms with Gasteiger partial charge < -0.3 is 9.47 Å². The van der Waals surface area contributed by atoms with E-state index < -0.39 is 0 Å². The van der Waals surface area contributed by atoms with Gasteiger partial charge in [-0.2, -0.15) is 4.99 Å². The maximum atomic E-state index is 10.1. The van der Waals surface area contributed by atoms with Crippen molar-refractivity contribution in [3.05, 3.63) is 29.3 Å². The maximum absolute atomic E-state index is 10.1. The number of methoxy groups -OCH3 is 2. The molecule has 0 radical (unpaired) electrons. The molecule has 0 atom stereocenters. The van der Waals surface area contributed by atoms with Crippen LogP contribution >= 0.6 is 11.3 Å². The summed E-state index contributed by atoms with van der Waals surface area (Å²) in [7, 11) is 3.18. The molecular weight excluding hydrogens is 264 g/mol. The fraction of sp³-hybridized carbons (Fsp3) is 0.231. The van der Waals surface area contributed by atoms with E-state index in [1.807, 2.05) is 23.6 Å². The Morgan fingerprint density at radius 3 is 2.79 bits per heavy atom. The van der Waals surface area contributed by atoms with Crippen LogP contribution in [0.2, 0.25) is 0 Å². The number of carbonyl (C=O) groups excluding carboxylic acids is 1. The lowest BCUT2D eigenvalue weighted by molar-refractivity contribution is 0.355. The number of ether oxygens (including phenoxy) is 2. The second-order valence-electron chi connectivity index (χ2n) is 3.62. The molecule has 6 heteroatoms.